The Morgan fingerprint density at radius 2 is 2.43 bits per heavy atom. The van der Waals surface area contributed by atoms with Crippen LogP contribution in [0.4, 0.5) is 0 Å². The van der Waals surface area contributed by atoms with Crippen molar-refractivity contribution in [3.63, 3.8) is 0 Å². The van der Waals surface area contributed by atoms with Crippen molar-refractivity contribution in [3.05, 3.63) is 35.3 Å². The van der Waals surface area contributed by atoms with E-state index in [2.05, 4.69) is 16.8 Å². The first-order valence-corrected chi connectivity index (χ1v) is 7.12. The van der Waals surface area contributed by atoms with Crippen LogP contribution < -0.4 is 5.32 Å². The molecule has 5 nitrogen and oxygen atoms in total. The Balaban J connectivity index is 2.35. The normalized spacial score (nSPS) is 31.8. The topological polar surface area (TPSA) is 75.6 Å². The van der Waals surface area contributed by atoms with Gasteiger partial charge in [-0.25, -0.2) is 0 Å². The minimum Gasteiger partial charge on any atom is -0.458 e. The number of allylic oxidation sites excluding steroid dienone is 2. The van der Waals surface area contributed by atoms with Crippen LogP contribution in [0, 0.1) is 5.92 Å². The lowest BCUT2D eigenvalue weighted by atomic mass is 9.81. The van der Waals surface area contributed by atoms with Crippen LogP contribution in [-0.4, -0.2) is 41.1 Å². The SMILES string of the molecule is C[C@@]1(OC=O)[C@@H]([C@H](O)C2=C=C=CC=C2)NC(=O)[C@@H]1CCCl. The van der Waals surface area contributed by atoms with Crippen molar-refractivity contribution in [1.29, 1.82) is 0 Å². The Morgan fingerprint density at radius 3 is 3.00 bits per heavy atom. The molecule has 1 heterocycles. The fourth-order valence-corrected chi connectivity index (χ4v) is 2.99. The van der Waals surface area contributed by atoms with Crippen LogP contribution in [0.25, 0.3) is 0 Å². The van der Waals surface area contributed by atoms with Crippen LogP contribution in [0.3, 0.4) is 0 Å². The maximum absolute atomic E-state index is 12.1. The summed E-state index contributed by atoms with van der Waals surface area (Å²) < 4.78 is 5.17. The Labute approximate surface area is 127 Å². The molecule has 1 aliphatic heterocycles. The second kappa shape index (κ2) is 6.33. The molecule has 2 N–H and O–H groups in total. The molecule has 0 spiro atoms. The van der Waals surface area contributed by atoms with E-state index in [4.69, 9.17) is 16.3 Å². The number of aliphatic hydroxyl groups is 1. The number of hydrogen-bond acceptors (Lipinski definition) is 4. The summed E-state index contributed by atoms with van der Waals surface area (Å²) in [6, 6.07) is -0.768. The van der Waals surface area contributed by atoms with Crippen molar-refractivity contribution >= 4 is 24.0 Å². The number of carbonyl (C=O) groups is 2. The Bertz CT molecular complexity index is 572. The number of halogens is 1. The van der Waals surface area contributed by atoms with E-state index in [0.717, 1.165) is 0 Å². The summed E-state index contributed by atoms with van der Waals surface area (Å²) in [7, 11) is 0. The number of hydrogen-bond donors (Lipinski definition) is 2. The zero-order chi connectivity index (χ0) is 15.5. The molecule has 21 heavy (non-hydrogen) atoms. The van der Waals surface area contributed by atoms with Crippen molar-refractivity contribution in [1.82, 2.24) is 5.32 Å². The third kappa shape index (κ3) is 2.82. The molecule has 0 aromatic carbocycles. The van der Waals surface area contributed by atoms with E-state index in [0.29, 0.717) is 18.5 Å². The van der Waals surface area contributed by atoms with Gasteiger partial charge >= 0.3 is 0 Å². The van der Waals surface area contributed by atoms with Crippen molar-refractivity contribution in [2.24, 2.45) is 5.92 Å². The standard InChI is InChI=1S/C15H16ClNO4/c1-15(21-9-18)11(7-8-16)14(20)17-13(15)12(19)10-5-3-2-4-6-10/h2-3,5,9,11-13,19H,7-8H2,1H3,(H,17,20)/t11-,12+,13+,15-/m0/s1. The third-order valence-corrected chi connectivity index (χ3v) is 4.15. The smallest absolute Gasteiger partial charge is 0.293 e. The fourth-order valence-electron chi connectivity index (χ4n) is 2.77. The number of carbonyl (C=O) groups excluding carboxylic acids is 2. The van der Waals surface area contributed by atoms with Crippen molar-refractivity contribution in [2.45, 2.75) is 31.1 Å². The number of nitrogens with one attached hydrogen (secondary N) is 1. The highest BCUT2D eigenvalue weighted by molar-refractivity contribution is 6.18. The quantitative estimate of drug-likeness (QED) is 0.433. The number of ether oxygens (including phenoxy) is 1. The molecule has 6 heteroatoms. The number of alkyl halides is 1. The number of aliphatic hydroxyl groups excluding tert-OH is 1. The highest BCUT2D eigenvalue weighted by Gasteiger charge is 2.56. The van der Waals surface area contributed by atoms with E-state index < -0.39 is 23.7 Å². The van der Waals surface area contributed by atoms with E-state index >= 15 is 0 Å². The summed E-state index contributed by atoms with van der Waals surface area (Å²) >= 11 is 5.72. The third-order valence-electron chi connectivity index (χ3n) is 3.93. The minimum atomic E-state index is -1.17. The lowest BCUT2D eigenvalue weighted by Crippen LogP contribution is -2.52. The van der Waals surface area contributed by atoms with Crippen molar-refractivity contribution in [3.8, 4) is 0 Å². The van der Waals surface area contributed by atoms with Gasteiger partial charge in [-0.05, 0) is 25.5 Å². The lowest BCUT2D eigenvalue weighted by molar-refractivity contribution is -0.150. The Morgan fingerprint density at radius 1 is 1.67 bits per heavy atom. The minimum absolute atomic E-state index is 0.254. The molecule has 1 aliphatic carbocycles. The molecular formula is C15H16ClNO4. The largest absolute Gasteiger partial charge is 0.458 e. The molecule has 0 aromatic rings. The van der Waals surface area contributed by atoms with Gasteiger partial charge in [0.2, 0.25) is 5.91 Å². The predicted octanol–water partition coefficient (Wildman–Crippen LogP) is 0.829. The van der Waals surface area contributed by atoms with Gasteiger partial charge in [-0.3, -0.25) is 9.59 Å². The molecule has 0 saturated carbocycles. The van der Waals surface area contributed by atoms with E-state index in [1.165, 1.54) is 0 Å². The van der Waals surface area contributed by atoms with Gasteiger partial charge in [-0.1, -0.05) is 17.5 Å². The second-order valence-corrected chi connectivity index (χ2v) is 5.49. The van der Waals surface area contributed by atoms with Gasteiger partial charge in [0.05, 0.1) is 12.0 Å². The van der Waals surface area contributed by atoms with Gasteiger partial charge in [-0.15, -0.1) is 11.6 Å². The molecule has 4 atom stereocenters. The zero-order valence-corrected chi connectivity index (χ0v) is 12.3. The van der Waals surface area contributed by atoms with Crippen LogP contribution in [-0.2, 0) is 14.3 Å². The molecule has 0 aromatic heterocycles. The summed E-state index contributed by atoms with van der Waals surface area (Å²) in [4.78, 5) is 22.9. The van der Waals surface area contributed by atoms with Gasteiger partial charge in [0.1, 0.15) is 11.7 Å². The molecule has 0 bridgehead atoms. The van der Waals surface area contributed by atoms with Crippen LogP contribution in [0.1, 0.15) is 13.3 Å². The molecule has 1 amide bonds. The first kappa shape index (κ1) is 15.6. The Hall–Kier alpha value is -1.77. The molecule has 0 radical (unpaired) electrons. The maximum atomic E-state index is 12.1. The average Bonchev–Trinajstić information content (AvgIpc) is 2.73. The van der Waals surface area contributed by atoms with Gasteiger partial charge in [-0.2, -0.15) is 0 Å². The number of rotatable bonds is 6. The van der Waals surface area contributed by atoms with Crippen LogP contribution in [0.2, 0.25) is 0 Å². The molecule has 0 unspecified atom stereocenters. The summed E-state index contributed by atoms with van der Waals surface area (Å²) in [5, 5.41) is 13.2. The molecule has 2 aliphatic rings. The van der Waals surface area contributed by atoms with E-state index in [1.807, 2.05) is 0 Å². The summed E-state index contributed by atoms with van der Waals surface area (Å²) in [6.45, 7) is 1.92. The summed E-state index contributed by atoms with van der Waals surface area (Å²) in [5.41, 5.74) is 4.83. The molecular weight excluding hydrogens is 294 g/mol. The molecule has 2 rings (SSSR count). The van der Waals surface area contributed by atoms with E-state index in [1.54, 1.807) is 25.2 Å². The van der Waals surface area contributed by atoms with Crippen LogP contribution >= 0.6 is 11.6 Å². The van der Waals surface area contributed by atoms with Gasteiger partial charge < -0.3 is 15.2 Å². The second-order valence-electron chi connectivity index (χ2n) is 5.11. The molecule has 1 saturated heterocycles. The van der Waals surface area contributed by atoms with Crippen molar-refractivity contribution in [2.75, 3.05) is 5.88 Å². The number of amides is 1. The summed E-state index contributed by atoms with van der Waals surface area (Å²) in [6.07, 6.45) is 4.33. The maximum Gasteiger partial charge on any atom is 0.293 e. The highest BCUT2D eigenvalue weighted by atomic mass is 35.5. The van der Waals surface area contributed by atoms with Crippen LogP contribution in [0.15, 0.2) is 35.3 Å². The Kier molecular flexibility index (Phi) is 4.71. The average molecular weight is 310 g/mol. The van der Waals surface area contributed by atoms with E-state index in [-0.39, 0.29) is 11.8 Å². The zero-order valence-electron chi connectivity index (χ0n) is 11.5. The van der Waals surface area contributed by atoms with Gasteiger partial charge in [0, 0.05) is 11.5 Å². The molecule has 112 valence electrons. The highest BCUT2D eigenvalue weighted by Crippen LogP contribution is 2.37. The monoisotopic (exact) mass is 309 g/mol. The van der Waals surface area contributed by atoms with Crippen molar-refractivity contribution < 1.29 is 19.4 Å². The van der Waals surface area contributed by atoms with Gasteiger partial charge in [0.15, 0.2) is 0 Å². The first-order valence-electron chi connectivity index (χ1n) is 6.58. The van der Waals surface area contributed by atoms with Gasteiger partial charge in [0.25, 0.3) is 6.47 Å². The summed E-state index contributed by atoms with van der Waals surface area (Å²) in [5.74, 6) is -0.638. The lowest BCUT2D eigenvalue weighted by Gasteiger charge is -2.35. The first-order chi connectivity index (χ1) is 10.0. The predicted molar refractivity (Wildman–Crippen MR) is 76.6 cm³/mol. The molecule has 1 fully saturated rings. The van der Waals surface area contributed by atoms with E-state index in [9.17, 15) is 14.7 Å². The fraction of sp³-hybridized carbons (Fsp3) is 0.467. The van der Waals surface area contributed by atoms with Crippen LogP contribution in [0.5, 0.6) is 0 Å².